The second kappa shape index (κ2) is 5.43. The Morgan fingerprint density at radius 2 is 1.84 bits per heavy atom. The van der Waals surface area contributed by atoms with Gasteiger partial charge in [0.15, 0.2) is 0 Å². The number of likely N-dealkylation sites (tertiary alicyclic amines) is 1. The van der Waals surface area contributed by atoms with Crippen LogP contribution in [-0.4, -0.2) is 29.9 Å². The van der Waals surface area contributed by atoms with Gasteiger partial charge in [-0.1, -0.05) is 19.3 Å². The number of piperidine rings is 1. The van der Waals surface area contributed by atoms with Gasteiger partial charge in [-0.05, 0) is 56.4 Å². The van der Waals surface area contributed by atoms with Crippen molar-refractivity contribution in [3.63, 3.8) is 0 Å². The summed E-state index contributed by atoms with van der Waals surface area (Å²) in [6, 6.07) is 0.560. The maximum atomic E-state index is 12.7. The van der Waals surface area contributed by atoms with Crippen LogP contribution in [0.3, 0.4) is 0 Å². The van der Waals surface area contributed by atoms with Crippen molar-refractivity contribution in [1.29, 1.82) is 0 Å². The molecular weight excluding hydrogens is 236 g/mol. The second-order valence-corrected chi connectivity index (χ2v) is 7.08. The zero-order chi connectivity index (χ0) is 13.3. The molecule has 2 aliphatic carbocycles. The minimum absolute atomic E-state index is 0.165. The molecule has 0 radical (unpaired) electrons. The number of fused-ring (bicyclic) bond motifs is 1. The van der Waals surface area contributed by atoms with Gasteiger partial charge in [0, 0.05) is 19.0 Å². The van der Waals surface area contributed by atoms with Gasteiger partial charge in [0.05, 0.1) is 0 Å². The summed E-state index contributed by atoms with van der Waals surface area (Å²) in [5, 5.41) is 0. The van der Waals surface area contributed by atoms with Crippen molar-refractivity contribution < 1.29 is 4.79 Å². The number of amides is 1. The monoisotopic (exact) mass is 264 g/mol. The summed E-state index contributed by atoms with van der Waals surface area (Å²) < 4.78 is 0. The van der Waals surface area contributed by atoms with Crippen LogP contribution in [0.5, 0.6) is 0 Å². The van der Waals surface area contributed by atoms with Crippen molar-refractivity contribution in [3.8, 4) is 0 Å². The van der Waals surface area contributed by atoms with E-state index in [4.69, 9.17) is 5.73 Å². The van der Waals surface area contributed by atoms with Gasteiger partial charge in [-0.3, -0.25) is 4.79 Å². The van der Waals surface area contributed by atoms with Crippen molar-refractivity contribution in [2.24, 2.45) is 17.1 Å². The van der Waals surface area contributed by atoms with E-state index in [2.05, 4.69) is 4.90 Å². The Kier molecular flexibility index (Phi) is 3.84. The van der Waals surface area contributed by atoms with E-state index >= 15 is 0 Å². The van der Waals surface area contributed by atoms with E-state index in [0.717, 1.165) is 25.3 Å². The fourth-order valence-corrected chi connectivity index (χ4v) is 4.49. The molecule has 0 bridgehead atoms. The van der Waals surface area contributed by atoms with Crippen LogP contribution in [0.4, 0.5) is 0 Å². The Bertz CT molecular complexity index is 330. The number of hydrogen-bond donors (Lipinski definition) is 1. The number of rotatable bonds is 3. The zero-order valence-electron chi connectivity index (χ0n) is 12.1. The van der Waals surface area contributed by atoms with Crippen LogP contribution in [0.15, 0.2) is 0 Å². The van der Waals surface area contributed by atoms with Gasteiger partial charge in [-0.15, -0.1) is 0 Å². The normalized spacial score (nSPS) is 33.4. The van der Waals surface area contributed by atoms with Gasteiger partial charge in [0.1, 0.15) is 0 Å². The molecule has 2 atom stereocenters. The van der Waals surface area contributed by atoms with E-state index in [0.29, 0.717) is 24.9 Å². The van der Waals surface area contributed by atoms with Crippen LogP contribution in [0.1, 0.15) is 64.2 Å². The van der Waals surface area contributed by atoms with Crippen LogP contribution >= 0.6 is 0 Å². The lowest BCUT2D eigenvalue weighted by Crippen LogP contribution is -2.52. The Morgan fingerprint density at radius 3 is 2.53 bits per heavy atom. The lowest BCUT2D eigenvalue weighted by Gasteiger charge is -2.47. The van der Waals surface area contributed by atoms with Gasteiger partial charge in [-0.2, -0.15) is 0 Å². The van der Waals surface area contributed by atoms with Crippen LogP contribution < -0.4 is 5.73 Å². The van der Waals surface area contributed by atoms with Gasteiger partial charge < -0.3 is 10.6 Å². The van der Waals surface area contributed by atoms with Gasteiger partial charge in [0.25, 0.3) is 0 Å². The van der Waals surface area contributed by atoms with Crippen molar-refractivity contribution >= 4 is 5.91 Å². The summed E-state index contributed by atoms with van der Waals surface area (Å²) in [6.45, 7) is 1.70. The first-order valence-electron chi connectivity index (χ1n) is 8.24. The summed E-state index contributed by atoms with van der Waals surface area (Å²) in [5.74, 6) is 1.20. The number of carbonyl (C=O) groups excluding carboxylic acids is 1. The van der Waals surface area contributed by atoms with Crippen LogP contribution in [0.2, 0.25) is 0 Å². The fraction of sp³-hybridized carbons (Fsp3) is 0.938. The standard InChI is InChI=1S/C16H28N2O/c17-12-16(8-4-9-16)11-15(19)18-10-3-6-13-5-1-2-7-14(13)18/h13-14H,1-12,17H2. The van der Waals surface area contributed by atoms with Crippen LogP contribution in [-0.2, 0) is 4.79 Å². The van der Waals surface area contributed by atoms with Gasteiger partial charge in [0.2, 0.25) is 5.91 Å². The molecule has 1 heterocycles. The SMILES string of the molecule is NCC1(CC(=O)N2CCCC3CCCCC32)CCC1. The summed E-state index contributed by atoms with van der Waals surface area (Å²) in [6.07, 6.45) is 12.1. The summed E-state index contributed by atoms with van der Waals surface area (Å²) in [7, 11) is 0. The number of carbonyl (C=O) groups is 1. The topological polar surface area (TPSA) is 46.3 Å². The predicted octanol–water partition coefficient (Wildman–Crippen LogP) is 2.69. The van der Waals surface area contributed by atoms with Crippen LogP contribution in [0, 0.1) is 11.3 Å². The van der Waals surface area contributed by atoms with E-state index in [1.165, 1.54) is 44.9 Å². The first-order valence-corrected chi connectivity index (χ1v) is 8.24. The van der Waals surface area contributed by atoms with Crippen molar-refractivity contribution in [2.45, 2.75) is 70.3 Å². The third-order valence-electron chi connectivity index (χ3n) is 5.94. The third kappa shape index (κ3) is 2.54. The Morgan fingerprint density at radius 1 is 1.11 bits per heavy atom. The lowest BCUT2D eigenvalue weighted by atomic mass is 9.66. The lowest BCUT2D eigenvalue weighted by molar-refractivity contribution is -0.141. The Hall–Kier alpha value is -0.570. The van der Waals surface area contributed by atoms with E-state index in [1.54, 1.807) is 0 Å². The van der Waals surface area contributed by atoms with E-state index in [-0.39, 0.29) is 5.41 Å². The molecule has 2 saturated carbocycles. The number of nitrogens with zero attached hydrogens (tertiary/aromatic N) is 1. The first kappa shape index (κ1) is 13.4. The highest BCUT2D eigenvalue weighted by molar-refractivity contribution is 5.77. The Balaban J connectivity index is 1.64. The molecule has 3 heteroatoms. The summed E-state index contributed by atoms with van der Waals surface area (Å²) >= 11 is 0. The zero-order valence-corrected chi connectivity index (χ0v) is 12.1. The minimum Gasteiger partial charge on any atom is -0.339 e. The first-order chi connectivity index (χ1) is 9.24. The highest BCUT2D eigenvalue weighted by Crippen LogP contribution is 2.44. The van der Waals surface area contributed by atoms with Crippen molar-refractivity contribution in [1.82, 2.24) is 4.90 Å². The average Bonchev–Trinajstić information content (AvgIpc) is 2.42. The molecule has 19 heavy (non-hydrogen) atoms. The largest absolute Gasteiger partial charge is 0.339 e. The number of hydrogen-bond acceptors (Lipinski definition) is 2. The average molecular weight is 264 g/mol. The predicted molar refractivity (Wildman–Crippen MR) is 76.6 cm³/mol. The van der Waals surface area contributed by atoms with Crippen LogP contribution in [0.25, 0.3) is 0 Å². The molecule has 0 aromatic heterocycles. The molecule has 3 aliphatic rings. The second-order valence-electron chi connectivity index (χ2n) is 7.08. The van der Waals surface area contributed by atoms with Gasteiger partial charge in [-0.25, -0.2) is 0 Å². The molecular formula is C16H28N2O. The smallest absolute Gasteiger partial charge is 0.223 e. The van der Waals surface area contributed by atoms with Gasteiger partial charge >= 0.3 is 0 Å². The molecule has 1 saturated heterocycles. The molecule has 3 nitrogen and oxygen atoms in total. The third-order valence-corrected chi connectivity index (χ3v) is 5.94. The minimum atomic E-state index is 0.165. The molecule has 2 unspecified atom stereocenters. The molecule has 3 fully saturated rings. The molecule has 0 aromatic carbocycles. The molecule has 0 spiro atoms. The Labute approximate surface area is 116 Å². The highest BCUT2D eigenvalue weighted by Gasteiger charge is 2.41. The molecule has 108 valence electrons. The molecule has 0 aromatic rings. The summed E-state index contributed by atoms with van der Waals surface area (Å²) in [4.78, 5) is 14.9. The van der Waals surface area contributed by atoms with Crippen molar-refractivity contribution in [3.05, 3.63) is 0 Å². The molecule has 1 aliphatic heterocycles. The quantitative estimate of drug-likeness (QED) is 0.852. The maximum absolute atomic E-state index is 12.7. The van der Waals surface area contributed by atoms with E-state index in [1.807, 2.05) is 0 Å². The molecule has 2 N–H and O–H groups in total. The maximum Gasteiger partial charge on any atom is 0.223 e. The highest BCUT2D eigenvalue weighted by atomic mass is 16.2. The molecule has 3 rings (SSSR count). The molecule has 1 amide bonds. The fourth-order valence-electron chi connectivity index (χ4n) is 4.49. The summed E-state index contributed by atoms with van der Waals surface area (Å²) in [5.41, 5.74) is 6.07. The van der Waals surface area contributed by atoms with E-state index in [9.17, 15) is 4.79 Å². The van der Waals surface area contributed by atoms with E-state index < -0.39 is 0 Å². The number of nitrogens with two attached hydrogens (primary N) is 1. The van der Waals surface area contributed by atoms with Crippen molar-refractivity contribution in [2.75, 3.05) is 13.1 Å².